The molecule has 1 saturated carbocycles. The molecule has 0 atom stereocenters. The number of aliphatic hydroxyl groups is 1. The predicted molar refractivity (Wildman–Crippen MR) is 205 cm³/mol. The second kappa shape index (κ2) is 35.7. The van der Waals surface area contributed by atoms with Crippen molar-refractivity contribution < 1.29 is 19.4 Å². The van der Waals surface area contributed by atoms with E-state index in [1.54, 1.807) is 0 Å². The maximum Gasteiger partial charge on any atom is 0.305 e. The van der Waals surface area contributed by atoms with Crippen LogP contribution < -0.4 is 0 Å². The van der Waals surface area contributed by atoms with Crippen molar-refractivity contribution in [2.75, 3.05) is 32.8 Å². The Morgan fingerprint density at radius 3 is 1.54 bits per heavy atom. The van der Waals surface area contributed by atoms with Gasteiger partial charge < -0.3 is 19.5 Å². The molecule has 1 aliphatic carbocycles. The SMILES string of the molecule is CCCCCCCCCOC(=O)CCCCCCCN(CCO)CCCCCCCC(=N)OC1CCCCCCCCCCCCCC1. The van der Waals surface area contributed by atoms with Gasteiger partial charge in [0.05, 0.1) is 13.2 Å². The number of aliphatic hydroxyl groups excluding tert-OH is 1. The number of hydrogen-bond acceptors (Lipinski definition) is 6. The first-order chi connectivity index (χ1) is 23.7. The number of unbranched alkanes of at least 4 members (excludes halogenated alkanes) is 14. The number of rotatable bonds is 27. The standard InChI is InChI=1S/C42H82N2O4/c1-2-3-4-5-14-23-30-39-47-42(46)34-27-20-16-22-29-36-44(37-38-45)35-28-21-15-19-26-33-41(43)48-40-31-24-17-12-10-8-6-7-9-11-13-18-25-32-40/h40,43,45H,2-39H2,1H3. The van der Waals surface area contributed by atoms with E-state index in [-0.39, 0.29) is 18.7 Å². The normalized spacial score (nSPS) is 16.0. The number of hydrogen-bond donors (Lipinski definition) is 2. The zero-order valence-corrected chi connectivity index (χ0v) is 32.1. The van der Waals surface area contributed by atoms with E-state index in [1.165, 1.54) is 148 Å². The molecule has 0 radical (unpaired) electrons. The Labute approximate surface area is 298 Å². The zero-order chi connectivity index (χ0) is 34.6. The van der Waals surface area contributed by atoms with Crippen LogP contribution >= 0.6 is 0 Å². The summed E-state index contributed by atoms with van der Waals surface area (Å²) in [4.78, 5) is 14.4. The van der Waals surface area contributed by atoms with E-state index in [0.29, 0.717) is 18.9 Å². The van der Waals surface area contributed by atoms with Gasteiger partial charge in [-0.25, -0.2) is 0 Å². The molecular weight excluding hydrogens is 596 g/mol. The maximum atomic E-state index is 12.0. The predicted octanol–water partition coefficient (Wildman–Crippen LogP) is 12.1. The minimum absolute atomic E-state index is 0.0241. The van der Waals surface area contributed by atoms with Crippen molar-refractivity contribution in [1.82, 2.24) is 4.90 Å². The molecule has 0 heterocycles. The van der Waals surface area contributed by atoms with Crippen LogP contribution in [0.25, 0.3) is 0 Å². The molecule has 0 spiro atoms. The highest BCUT2D eigenvalue weighted by atomic mass is 16.5. The fourth-order valence-electron chi connectivity index (χ4n) is 7.11. The Morgan fingerprint density at radius 1 is 0.583 bits per heavy atom. The first kappa shape index (κ1) is 44.9. The highest BCUT2D eigenvalue weighted by molar-refractivity contribution is 5.72. The molecule has 6 heteroatoms. The number of nitrogens with one attached hydrogen (secondary N) is 1. The fraction of sp³-hybridized carbons (Fsp3) is 0.952. The van der Waals surface area contributed by atoms with E-state index >= 15 is 0 Å². The van der Waals surface area contributed by atoms with Gasteiger partial charge in [0.2, 0.25) is 0 Å². The summed E-state index contributed by atoms with van der Waals surface area (Å²) in [5, 5.41) is 18.0. The van der Waals surface area contributed by atoms with Crippen molar-refractivity contribution in [2.45, 2.75) is 225 Å². The van der Waals surface area contributed by atoms with Gasteiger partial charge in [-0.2, -0.15) is 0 Å². The van der Waals surface area contributed by atoms with Crippen LogP contribution in [0.2, 0.25) is 0 Å². The number of ether oxygens (including phenoxy) is 2. The molecule has 0 aromatic carbocycles. The van der Waals surface area contributed by atoms with Crippen LogP contribution in [-0.4, -0.2) is 60.8 Å². The zero-order valence-electron chi connectivity index (χ0n) is 32.1. The van der Waals surface area contributed by atoms with E-state index in [1.807, 2.05) is 0 Å². The van der Waals surface area contributed by atoms with Gasteiger partial charge in [-0.05, 0) is 70.9 Å². The van der Waals surface area contributed by atoms with Crippen LogP contribution in [0.3, 0.4) is 0 Å². The summed E-state index contributed by atoms with van der Waals surface area (Å²) < 4.78 is 11.6. The van der Waals surface area contributed by atoms with E-state index in [2.05, 4.69) is 11.8 Å². The van der Waals surface area contributed by atoms with Crippen LogP contribution in [0.15, 0.2) is 0 Å². The monoisotopic (exact) mass is 679 g/mol. The Morgan fingerprint density at radius 2 is 1.02 bits per heavy atom. The minimum Gasteiger partial charge on any atom is -0.478 e. The highest BCUT2D eigenvalue weighted by Gasteiger charge is 2.13. The molecule has 284 valence electrons. The van der Waals surface area contributed by atoms with Crippen molar-refractivity contribution in [3.8, 4) is 0 Å². The van der Waals surface area contributed by atoms with Crippen LogP contribution in [0.5, 0.6) is 0 Å². The number of nitrogens with zero attached hydrogens (tertiary/aromatic N) is 1. The first-order valence-electron chi connectivity index (χ1n) is 21.4. The van der Waals surface area contributed by atoms with Gasteiger partial charge in [0.15, 0.2) is 5.90 Å². The molecule has 1 fully saturated rings. The summed E-state index contributed by atoms with van der Waals surface area (Å²) in [6, 6.07) is 0. The van der Waals surface area contributed by atoms with Crippen molar-refractivity contribution in [1.29, 1.82) is 5.41 Å². The van der Waals surface area contributed by atoms with Gasteiger partial charge in [0.25, 0.3) is 0 Å². The van der Waals surface area contributed by atoms with Crippen LogP contribution in [0, 0.1) is 5.41 Å². The highest BCUT2D eigenvalue weighted by Crippen LogP contribution is 2.20. The van der Waals surface area contributed by atoms with Crippen molar-refractivity contribution in [3.63, 3.8) is 0 Å². The fourth-order valence-corrected chi connectivity index (χ4v) is 7.11. The third-order valence-electron chi connectivity index (χ3n) is 10.3. The molecule has 48 heavy (non-hydrogen) atoms. The second-order valence-corrected chi connectivity index (χ2v) is 14.9. The number of carbonyl (C=O) groups is 1. The maximum absolute atomic E-state index is 12.0. The molecule has 0 unspecified atom stereocenters. The third kappa shape index (κ3) is 30.9. The van der Waals surface area contributed by atoms with Gasteiger partial charge in [-0.15, -0.1) is 0 Å². The van der Waals surface area contributed by atoms with Gasteiger partial charge in [0.1, 0.15) is 6.10 Å². The molecule has 1 aliphatic rings. The molecule has 2 N–H and O–H groups in total. The molecule has 0 bridgehead atoms. The lowest BCUT2D eigenvalue weighted by atomic mass is 10.0. The average molecular weight is 679 g/mol. The van der Waals surface area contributed by atoms with Gasteiger partial charge in [-0.3, -0.25) is 10.2 Å². The molecule has 0 aromatic rings. The third-order valence-corrected chi connectivity index (χ3v) is 10.3. The molecule has 0 aliphatic heterocycles. The molecule has 6 nitrogen and oxygen atoms in total. The molecular formula is C42H82N2O4. The van der Waals surface area contributed by atoms with Crippen molar-refractivity contribution >= 4 is 11.9 Å². The molecule has 0 amide bonds. The second-order valence-electron chi connectivity index (χ2n) is 14.9. The van der Waals surface area contributed by atoms with E-state index in [9.17, 15) is 9.90 Å². The van der Waals surface area contributed by atoms with Crippen LogP contribution in [0.4, 0.5) is 0 Å². The minimum atomic E-state index is -0.0241. The number of esters is 1. The van der Waals surface area contributed by atoms with Crippen LogP contribution in [-0.2, 0) is 14.3 Å². The average Bonchev–Trinajstić information content (AvgIpc) is 3.09. The molecule has 1 rings (SSSR count). The van der Waals surface area contributed by atoms with Gasteiger partial charge in [0, 0.05) is 19.4 Å². The van der Waals surface area contributed by atoms with Crippen molar-refractivity contribution in [2.24, 2.45) is 0 Å². The molecule has 0 saturated heterocycles. The Hall–Kier alpha value is -1.14. The summed E-state index contributed by atoms with van der Waals surface area (Å²) in [5.41, 5.74) is 0. The van der Waals surface area contributed by atoms with Crippen LogP contribution in [0.1, 0.15) is 219 Å². The van der Waals surface area contributed by atoms with Gasteiger partial charge >= 0.3 is 5.97 Å². The summed E-state index contributed by atoms with van der Waals surface area (Å²) in [7, 11) is 0. The summed E-state index contributed by atoms with van der Waals surface area (Å²) >= 11 is 0. The van der Waals surface area contributed by atoms with Crippen molar-refractivity contribution in [3.05, 3.63) is 0 Å². The van der Waals surface area contributed by atoms with E-state index < -0.39 is 0 Å². The smallest absolute Gasteiger partial charge is 0.305 e. The lowest BCUT2D eigenvalue weighted by Gasteiger charge is -2.21. The van der Waals surface area contributed by atoms with Gasteiger partial charge in [-0.1, -0.05) is 148 Å². The Balaban J connectivity index is 2.03. The number of carbonyl (C=O) groups excluding carboxylic acids is 1. The summed E-state index contributed by atoms with van der Waals surface area (Å²) in [6.07, 6.45) is 40.2. The Bertz CT molecular complexity index is 687. The lowest BCUT2D eigenvalue weighted by Crippen LogP contribution is -2.29. The van der Waals surface area contributed by atoms with E-state index in [4.69, 9.17) is 14.9 Å². The molecule has 0 aromatic heterocycles. The first-order valence-corrected chi connectivity index (χ1v) is 21.4. The quantitative estimate of drug-likeness (QED) is 0.0391. The topological polar surface area (TPSA) is 82.9 Å². The summed E-state index contributed by atoms with van der Waals surface area (Å²) in [5.74, 6) is 0.495. The largest absolute Gasteiger partial charge is 0.478 e. The lowest BCUT2D eigenvalue weighted by molar-refractivity contribution is -0.143. The summed E-state index contributed by atoms with van der Waals surface area (Å²) in [6.45, 7) is 5.94. The van der Waals surface area contributed by atoms with E-state index in [0.717, 1.165) is 77.4 Å². The Kier molecular flexibility index (Phi) is 33.4.